The van der Waals surface area contributed by atoms with E-state index in [9.17, 15) is 14.9 Å². The summed E-state index contributed by atoms with van der Waals surface area (Å²) in [6.07, 6.45) is 3.82. The van der Waals surface area contributed by atoms with Crippen LogP contribution in [0.15, 0.2) is 29.3 Å². The van der Waals surface area contributed by atoms with E-state index < -0.39 is 10.3 Å². The number of aliphatic imine (C=N–C) groups is 1. The Balaban J connectivity index is 0.00000392. The van der Waals surface area contributed by atoms with E-state index in [4.69, 9.17) is 0 Å². The van der Waals surface area contributed by atoms with E-state index in [2.05, 4.69) is 15.6 Å². The van der Waals surface area contributed by atoms with Crippen LogP contribution in [-0.4, -0.2) is 48.9 Å². The molecule has 0 bridgehead atoms. The van der Waals surface area contributed by atoms with E-state index in [0.29, 0.717) is 24.6 Å². The molecule has 28 heavy (non-hydrogen) atoms. The standard InChI is InChI=1S/C19H29N5O3.HI/c1-4-20-18(21-13-15-9-5-6-10-16(15)24(26)27)22-14-19(11-7-8-12-19)17(25)23(2)3;/h5-6,9-10H,4,7-8,11-14H2,1-3H3,(H2,20,21,22);1H. The molecule has 0 heterocycles. The molecule has 9 heteroatoms. The van der Waals surface area contributed by atoms with Crippen molar-refractivity contribution < 1.29 is 9.72 Å². The molecule has 2 N–H and O–H groups in total. The topological polar surface area (TPSA) is 99.9 Å². The Morgan fingerprint density at radius 1 is 1.25 bits per heavy atom. The van der Waals surface area contributed by atoms with Gasteiger partial charge in [-0.25, -0.2) is 4.99 Å². The highest BCUT2D eigenvalue weighted by molar-refractivity contribution is 14.0. The van der Waals surface area contributed by atoms with Crippen LogP contribution >= 0.6 is 24.0 Å². The van der Waals surface area contributed by atoms with Gasteiger partial charge in [0, 0.05) is 33.3 Å². The van der Waals surface area contributed by atoms with Gasteiger partial charge in [0.2, 0.25) is 5.91 Å². The van der Waals surface area contributed by atoms with Crippen molar-refractivity contribution in [2.45, 2.75) is 39.2 Å². The Morgan fingerprint density at radius 2 is 1.89 bits per heavy atom. The highest BCUT2D eigenvalue weighted by Crippen LogP contribution is 2.38. The molecule has 1 aromatic rings. The number of hydrogen-bond donors (Lipinski definition) is 2. The molecule has 0 saturated heterocycles. The second kappa shape index (κ2) is 11.2. The number of carbonyl (C=O) groups excluding carboxylic acids is 1. The van der Waals surface area contributed by atoms with Gasteiger partial charge in [-0.1, -0.05) is 31.0 Å². The van der Waals surface area contributed by atoms with Gasteiger partial charge in [-0.15, -0.1) is 24.0 Å². The lowest BCUT2D eigenvalue weighted by Crippen LogP contribution is -2.49. The maximum atomic E-state index is 12.7. The molecule has 156 valence electrons. The summed E-state index contributed by atoms with van der Waals surface area (Å²) in [5, 5.41) is 17.6. The monoisotopic (exact) mass is 503 g/mol. The van der Waals surface area contributed by atoms with Gasteiger partial charge in [-0.3, -0.25) is 14.9 Å². The molecule has 1 aromatic carbocycles. The van der Waals surface area contributed by atoms with Gasteiger partial charge in [-0.2, -0.15) is 0 Å². The first-order valence-electron chi connectivity index (χ1n) is 9.36. The van der Waals surface area contributed by atoms with Crippen molar-refractivity contribution >= 4 is 41.5 Å². The van der Waals surface area contributed by atoms with Gasteiger partial charge in [0.1, 0.15) is 0 Å². The maximum absolute atomic E-state index is 12.7. The van der Waals surface area contributed by atoms with Crippen molar-refractivity contribution in [3.8, 4) is 0 Å². The third kappa shape index (κ3) is 6.05. The van der Waals surface area contributed by atoms with E-state index in [-0.39, 0.29) is 42.1 Å². The van der Waals surface area contributed by atoms with Crippen LogP contribution in [0.2, 0.25) is 0 Å². The largest absolute Gasteiger partial charge is 0.357 e. The Kier molecular flexibility index (Phi) is 9.63. The smallest absolute Gasteiger partial charge is 0.274 e. The zero-order valence-corrected chi connectivity index (χ0v) is 19.1. The van der Waals surface area contributed by atoms with Crippen molar-refractivity contribution in [2.75, 3.05) is 27.2 Å². The van der Waals surface area contributed by atoms with Gasteiger partial charge in [0.15, 0.2) is 5.96 Å². The molecule has 0 radical (unpaired) electrons. The number of amides is 1. The molecule has 1 aliphatic rings. The lowest BCUT2D eigenvalue weighted by atomic mass is 9.84. The van der Waals surface area contributed by atoms with Crippen molar-refractivity contribution in [1.29, 1.82) is 0 Å². The molecule has 2 rings (SSSR count). The molecule has 1 saturated carbocycles. The van der Waals surface area contributed by atoms with Crippen LogP contribution in [0.4, 0.5) is 5.69 Å². The van der Waals surface area contributed by atoms with E-state index in [0.717, 1.165) is 25.7 Å². The van der Waals surface area contributed by atoms with Crippen LogP contribution in [0.3, 0.4) is 0 Å². The van der Waals surface area contributed by atoms with Gasteiger partial charge >= 0.3 is 0 Å². The fourth-order valence-electron chi connectivity index (χ4n) is 3.57. The number of hydrogen-bond acceptors (Lipinski definition) is 4. The van der Waals surface area contributed by atoms with Crippen LogP contribution in [0.1, 0.15) is 38.2 Å². The fraction of sp³-hybridized carbons (Fsp3) is 0.579. The third-order valence-corrected chi connectivity index (χ3v) is 4.95. The summed E-state index contributed by atoms with van der Waals surface area (Å²) < 4.78 is 0. The minimum absolute atomic E-state index is 0. The predicted octanol–water partition coefficient (Wildman–Crippen LogP) is 2.92. The zero-order chi connectivity index (χ0) is 19.9. The lowest BCUT2D eigenvalue weighted by Gasteiger charge is -2.31. The number of nitro groups is 1. The van der Waals surface area contributed by atoms with Gasteiger partial charge in [0.25, 0.3) is 5.69 Å². The Morgan fingerprint density at radius 3 is 2.46 bits per heavy atom. The summed E-state index contributed by atoms with van der Waals surface area (Å²) in [7, 11) is 3.58. The van der Waals surface area contributed by atoms with Crippen molar-refractivity contribution in [3.05, 3.63) is 39.9 Å². The number of nitrogens with zero attached hydrogens (tertiary/aromatic N) is 3. The fourth-order valence-corrected chi connectivity index (χ4v) is 3.57. The van der Waals surface area contributed by atoms with E-state index in [1.165, 1.54) is 6.07 Å². The third-order valence-electron chi connectivity index (χ3n) is 4.95. The summed E-state index contributed by atoms with van der Waals surface area (Å²) in [5.41, 5.74) is 0.213. The van der Waals surface area contributed by atoms with Crippen LogP contribution in [0.5, 0.6) is 0 Å². The van der Waals surface area contributed by atoms with Gasteiger partial charge < -0.3 is 15.5 Å². The van der Waals surface area contributed by atoms with Crippen molar-refractivity contribution in [3.63, 3.8) is 0 Å². The van der Waals surface area contributed by atoms with E-state index >= 15 is 0 Å². The molecular formula is C19H30IN5O3. The van der Waals surface area contributed by atoms with Crippen LogP contribution < -0.4 is 10.6 Å². The molecule has 8 nitrogen and oxygen atoms in total. The minimum Gasteiger partial charge on any atom is -0.357 e. The number of para-hydroxylation sites is 1. The molecule has 1 fully saturated rings. The molecule has 0 unspecified atom stereocenters. The number of nitrogens with one attached hydrogen (secondary N) is 2. The summed E-state index contributed by atoms with van der Waals surface area (Å²) in [6, 6.07) is 6.60. The van der Waals surface area contributed by atoms with Crippen LogP contribution in [0.25, 0.3) is 0 Å². The minimum atomic E-state index is -0.404. The summed E-state index contributed by atoms with van der Waals surface area (Å²) >= 11 is 0. The van der Waals surface area contributed by atoms with Gasteiger partial charge in [-0.05, 0) is 19.8 Å². The summed E-state index contributed by atoms with van der Waals surface area (Å²) in [6.45, 7) is 3.32. The predicted molar refractivity (Wildman–Crippen MR) is 121 cm³/mol. The van der Waals surface area contributed by atoms with Crippen LogP contribution in [0, 0.1) is 15.5 Å². The first-order chi connectivity index (χ1) is 12.9. The molecule has 1 aliphatic carbocycles. The molecule has 0 aliphatic heterocycles. The Hall–Kier alpha value is -1.91. The lowest BCUT2D eigenvalue weighted by molar-refractivity contribution is -0.385. The Bertz CT molecular complexity index is 703. The number of benzene rings is 1. The quantitative estimate of drug-likeness (QED) is 0.196. The van der Waals surface area contributed by atoms with E-state index in [1.54, 1.807) is 37.2 Å². The number of nitro benzene ring substituents is 1. The number of rotatable bonds is 7. The number of guanidine groups is 1. The van der Waals surface area contributed by atoms with E-state index in [1.807, 2.05) is 6.92 Å². The van der Waals surface area contributed by atoms with Gasteiger partial charge in [0.05, 0.1) is 22.4 Å². The normalized spacial score (nSPS) is 15.5. The molecule has 0 spiro atoms. The number of carbonyl (C=O) groups is 1. The first kappa shape index (κ1) is 24.1. The number of halogens is 1. The average Bonchev–Trinajstić information content (AvgIpc) is 3.13. The highest BCUT2D eigenvalue weighted by Gasteiger charge is 2.42. The average molecular weight is 503 g/mol. The summed E-state index contributed by atoms with van der Waals surface area (Å²) in [4.78, 5) is 29.6. The zero-order valence-electron chi connectivity index (χ0n) is 16.7. The SMILES string of the molecule is CCNC(=NCc1ccccc1[N+](=O)[O-])NCC1(C(=O)N(C)C)CCCC1.I. The maximum Gasteiger partial charge on any atom is 0.274 e. The molecule has 0 aromatic heterocycles. The molecule has 1 amide bonds. The highest BCUT2D eigenvalue weighted by atomic mass is 127. The molecular weight excluding hydrogens is 473 g/mol. The van der Waals surface area contributed by atoms with Crippen molar-refractivity contribution in [1.82, 2.24) is 15.5 Å². The molecule has 0 atom stereocenters. The van der Waals surface area contributed by atoms with Crippen molar-refractivity contribution in [2.24, 2.45) is 10.4 Å². The summed E-state index contributed by atoms with van der Waals surface area (Å²) in [5.74, 6) is 0.704. The second-order valence-corrected chi connectivity index (χ2v) is 7.12. The Labute approximate surface area is 183 Å². The second-order valence-electron chi connectivity index (χ2n) is 7.12. The first-order valence-corrected chi connectivity index (χ1v) is 9.36. The van der Waals surface area contributed by atoms with Crippen LogP contribution in [-0.2, 0) is 11.3 Å².